The molecule has 0 aliphatic heterocycles. The van der Waals surface area contributed by atoms with Crippen LogP contribution in [0.2, 0.25) is 5.15 Å². The summed E-state index contributed by atoms with van der Waals surface area (Å²) in [7, 11) is 0. The van der Waals surface area contributed by atoms with Crippen LogP contribution in [0.5, 0.6) is 0 Å². The standard InChI is InChI=1S/C12H15ClN2/c13-10-3-1-4-11(15-10)14-9-7-12(8-9)5-2-6-12/h1,3-4,9H,2,5-8H2,(H,14,15). The van der Waals surface area contributed by atoms with Crippen molar-refractivity contribution in [2.45, 2.75) is 38.1 Å². The minimum absolute atomic E-state index is 0.567. The van der Waals surface area contributed by atoms with Gasteiger partial charge in [-0.05, 0) is 43.2 Å². The highest BCUT2D eigenvalue weighted by Gasteiger charge is 2.48. The van der Waals surface area contributed by atoms with Gasteiger partial charge in [0.25, 0.3) is 0 Å². The van der Waals surface area contributed by atoms with E-state index in [1.165, 1.54) is 32.1 Å². The molecule has 1 heterocycles. The van der Waals surface area contributed by atoms with Crippen LogP contribution in [0.1, 0.15) is 32.1 Å². The van der Waals surface area contributed by atoms with Gasteiger partial charge < -0.3 is 5.32 Å². The predicted octanol–water partition coefficient (Wildman–Crippen LogP) is 3.48. The highest BCUT2D eigenvalue weighted by atomic mass is 35.5. The summed E-state index contributed by atoms with van der Waals surface area (Å²) in [6.07, 6.45) is 6.95. The lowest BCUT2D eigenvalue weighted by molar-refractivity contribution is 0.0191. The number of pyridine rings is 1. The second kappa shape index (κ2) is 3.38. The number of anilines is 1. The molecule has 0 aromatic carbocycles. The van der Waals surface area contributed by atoms with Gasteiger partial charge >= 0.3 is 0 Å². The smallest absolute Gasteiger partial charge is 0.131 e. The molecule has 0 bridgehead atoms. The Balaban J connectivity index is 1.58. The van der Waals surface area contributed by atoms with Crippen molar-refractivity contribution in [3.8, 4) is 0 Å². The van der Waals surface area contributed by atoms with E-state index in [2.05, 4.69) is 10.3 Å². The van der Waals surface area contributed by atoms with Gasteiger partial charge in [-0.15, -0.1) is 0 Å². The minimum Gasteiger partial charge on any atom is -0.367 e. The first-order chi connectivity index (χ1) is 7.26. The van der Waals surface area contributed by atoms with Gasteiger partial charge in [0.2, 0.25) is 0 Å². The van der Waals surface area contributed by atoms with E-state index < -0.39 is 0 Å². The molecule has 1 aromatic heterocycles. The van der Waals surface area contributed by atoms with Gasteiger partial charge in [-0.2, -0.15) is 0 Å². The minimum atomic E-state index is 0.567. The fourth-order valence-electron chi connectivity index (χ4n) is 2.87. The monoisotopic (exact) mass is 222 g/mol. The number of nitrogens with zero attached hydrogens (tertiary/aromatic N) is 1. The third-order valence-corrected chi connectivity index (χ3v) is 4.05. The Hall–Kier alpha value is -0.760. The van der Waals surface area contributed by atoms with Crippen molar-refractivity contribution in [3.63, 3.8) is 0 Å². The number of aromatic nitrogens is 1. The summed E-state index contributed by atoms with van der Waals surface area (Å²) in [5.41, 5.74) is 0.718. The fourth-order valence-corrected chi connectivity index (χ4v) is 3.03. The molecule has 0 unspecified atom stereocenters. The van der Waals surface area contributed by atoms with Gasteiger partial charge in [0, 0.05) is 6.04 Å². The van der Waals surface area contributed by atoms with Crippen molar-refractivity contribution in [2.24, 2.45) is 5.41 Å². The normalized spacial score (nSPS) is 23.3. The summed E-state index contributed by atoms with van der Waals surface area (Å²) in [6.45, 7) is 0. The molecule has 1 spiro atoms. The molecule has 2 nitrogen and oxygen atoms in total. The van der Waals surface area contributed by atoms with Gasteiger partial charge in [-0.25, -0.2) is 4.98 Å². The SMILES string of the molecule is Clc1cccc(NC2CC3(CCC3)C2)n1. The molecule has 0 saturated heterocycles. The zero-order valence-corrected chi connectivity index (χ0v) is 9.43. The van der Waals surface area contributed by atoms with Crippen LogP contribution in [0.25, 0.3) is 0 Å². The molecular formula is C12H15ClN2. The van der Waals surface area contributed by atoms with Gasteiger partial charge in [0.1, 0.15) is 11.0 Å². The fraction of sp³-hybridized carbons (Fsp3) is 0.583. The van der Waals surface area contributed by atoms with Crippen LogP contribution in [0.4, 0.5) is 5.82 Å². The van der Waals surface area contributed by atoms with Crippen LogP contribution in [0.3, 0.4) is 0 Å². The number of halogens is 1. The van der Waals surface area contributed by atoms with E-state index in [1.54, 1.807) is 6.07 Å². The average molecular weight is 223 g/mol. The lowest BCUT2D eigenvalue weighted by atomic mass is 9.54. The average Bonchev–Trinajstić information content (AvgIpc) is 2.07. The van der Waals surface area contributed by atoms with Crippen molar-refractivity contribution in [2.75, 3.05) is 5.32 Å². The van der Waals surface area contributed by atoms with Crippen LogP contribution < -0.4 is 5.32 Å². The lowest BCUT2D eigenvalue weighted by Gasteiger charge is -2.54. The Labute approximate surface area is 95.0 Å². The molecule has 1 aromatic rings. The lowest BCUT2D eigenvalue weighted by Crippen LogP contribution is -2.49. The third kappa shape index (κ3) is 1.71. The maximum atomic E-state index is 5.83. The van der Waals surface area contributed by atoms with Crippen LogP contribution in [-0.2, 0) is 0 Å². The maximum absolute atomic E-state index is 5.83. The molecule has 2 saturated carbocycles. The first-order valence-corrected chi connectivity index (χ1v) is 6.03. The molecule has 80 valence electrons. The Morgan fingerprint density at radius 3 is 2.73 bits per heavy atom. The molecular weight excluding hydrogens is 208 g/mol. The first-order valence-electron chi connectivity index (χ1n) is 5.65. The molecule has 2 aliphatic rings. The van der Waals surface area contributed by atoms with Crippen molar-refractivity contribution in [1.29, 1.82) is 0 Å². The van der Waals surface area contributed by atoms with Crippen molar-refractivity contribution >= 4 is 17.4 Å². The summed E-state index contributed by atoms with van der Waals surface area (Å²) in [5.74, 6) is 0.918. The molecule has 0 amide bonds. The highest BCUT2D eigenvalue weighted by molar-refractivity contribution is 6.29. The topological polar surface area (TPSA) is 24.9 Å². The van der Waals surface area contributed by atoms with Crippen molar-refractivity contribution in [1.82, 2.24) is 4.98 Å². The summed E-state index contributed by atoms with van der Waals surface area (Å²) in [5, 5.41) is 4.01. The number of hydrogen-bond acceptors (Lipinski definition) is 2. The number of rotatable bonds is 2. The van der Waals surface area contributed by atoms with Gasteiger partial charge in [0.15, 0.2) is 0 Å². The van der Waals surface area contributed by atoms with E-state index in [4.69, 9.17) is 11.6 Å². The van der Waals surface area contributed by atoms with Crippen LogP contribution in [0.15, 0.2) is 18.2 Å². The highest BCUT2D eigenvalue weighted by Crippen LogP contribution is 2.56. The molecule has 2 fully saturated rings. The largest absolute Gasteiger partial charge is 0.367 e. The van der Waals surface area contributed by atoms with Crippen molar-refractivity contribution in [3.05, 3.63) is 23.4 Å². The molecule has 0 radical (unpaired) electrons. The van der Waals surface area contributed by atoms with E-state index in [0.29, 0.717) is 11.2 Å². The van der Waals surface area contributed by atoms with Gasteiger partial charge in [-0.1, -0.05) is 24.1 Å². The zero-order chi connectivity index (χ0) is 10.3. The van der Waals surface area contributed by atoms with Gasteiger partial charge in [0.05, 0.1) is 0 Å². The number of nitrogens with one attached hydrogen (secondary N) is 1. The van der Waals surface area contributed by atoms with Gasteiger partial charge in [-0.3, -0.25) is 0 Å². The molecule has 3 rings (SSSR count). The quantitative estimate of drug-likeness (QED) is 0.775. The summed E-state index contributed by atoms with van der Waals surface area (Å²) < 4.78 is 0. The van der Waals surface area contributed by atoms with E-state index in [0.717, 1.165) is 11.2 Å². The second-order valence-electron chi connectivity index (χ2n) is 4.95. The first kappa shape index (κ1) is 9.46. The molecule has 2 aliphatic carbocycles. The van der Waals surface area contributed by atoms with Crippen LogP contribution in [-0.4, -0.2) is 11.0 Å². The maximum Gasteiger partial charge on any atom is 0.131 e. The number of hydrogen-bond donors (Lipinski definition) is 1. The molecule has 15 heavy (non-hydrogen) atoms. The molecule has 1 N–H and O–H groups in total. The van der Waals surface area contributed by atoms with E-state index >= 15 is 0 Å². The summed E-state index contributed by atoms with van der Waals surface area (Å²) in [4.78, 5) is 4.24. The third-order valence-electron chi connectivity index (χ3n) is 3.84. The zero-order valence-electron chi connectivity index (χ0n) is 8.67. The summed E-state index contributed by atoms with van der Waals surface area (Å²) in [6, 6.07) is 6.35. The van der Waals surface area contributed by atoms with Crippen LogP contribution in [0, 0.1) is 5.41 Å². The van der Waals surface area contributed by atoms with Crippen molar-refractivity contribution < 1.29 is 0 Å². The Morgan fingerprint density at radius 2 is 2.13 bits per heavy atom. The second-order valence-corrected chi connectivity index (χ2v) is 5.34. The Bertz CT molecular complexity index is 366. The Kier molecular flexibility index (Phi) is 2.13. The molecule has 3 heteroatoms. The Morgan fingerprint density at radius 1 is 1.33 bits per heavy atom. The predicted molar refractivity (Wildman–Crippen MR) is 62.2 cm³/mol. The summed E-state index contributed by atoms with van der Waals surface area (Å²) >= 11 is 5.83. The van der Waals surface area contributed by atoms with E-state index in [9.17, 15) is 0 Å². The van der Waals surface area contributed by atoms with E-state index in [1.807, 2.05) is 12.1 Å². The molecule has 0 atom stereocenters. The van der Waals surface area contributed by atoms with Crippen LogP contribution >= 0.6 is 11.6 Å². The van der Waals surface area contributed by atoms with E-state index in [-0.39, 0.29) is 0 Å².